The van der Waals surface area contributed by atoms with E-state index in [2.05, 4.69) is 20.6 Å². The molecule has 4 heterocycles. The molecule has 0 amide bonds. The number of furan rings is 1. The quantitative estimate of drug-likeness (QED) is 0.266. The van der Waals surface area contributed by atoms with E-state index in [1.54, 1.807) is 6.26 Å². The van der Waals surface area contributed by atoms with Crippen molar-refractivity contribution in [3.8, 4) is 11.3 Å². The average Bonchev–Trinajstić information content (AvgIpc) is 3.52. The highest BCUT2D eigenvalue weighted by molar-refractivity contribution is 5.98. The Morgan fingerprint density at radius 1 is 1.11 bits per heavy atom. The third kappa shape index (κ3) is 7.77. The summed E-state index contributed by atoms with van der Waals surface area (Å²) in [5, 5.41) is 27.3. The lowest BCUT2D eigenvalue weighted by atomic mass is 10.1. The lowest BCUT2D eigenvalue weighted by Gasteiger charge is -2.23. The fourth-order valence-electron chi connectivity index (χ4n) is 3.85. The Labute approximate surface area is 213 Å². The minimum Gasteiger partial charge on any atom is -0.481 e. The van der Waals surface area contributed by atoms with Crippen molar-refractivity contribution in [2.24, 2.45) is 0 Å². The van der Waals surface area contributed by atoms with E-state index in [1.165, 1.54) is 6.33 Å². The molecule has 196 valence electrons. The molecular weight excluding hydrogens is 478 g/mol. The Hall–Kier alpha value is -4.45. The van der Waals surface area contributed by atoms with Crippen LogP contribution in [0.1, 0.15) is 38.5 Å². The second-order valence-corrected chi connectivity index (χ2v) is 8.28. The molecule has 1 aliphatic heterocycles. The molecule has 0 radical (unpaired) electrons. The molecule has 0 atom stereocenters. The second kappa shape index (κ2) is 13.0. The molecular formula is C25H31N7O5. The summed E-state index contributed by atoms with van der Waals surface area (Å²) in [5.74, 6) is -0.309. The lowest BCUT2D eigenvalue weighted by Crippen LogP contribution is -2.30. The van der Waals surface area contributed by atoms with Gasteiger partial charge in [0.2, 0.25) is 0 Å². The van der Waals surface area contributed by atoms with Crippen LogP contribution in [0.3, 0.4) is 0 Å². The maximum atomic E-state index is 9.00. The van der Waals surface area contributed by atoms with E-state index in [9.17, 15) is 0 Å². The van der Waals surface area contributed by atoms with Crippen molar-refractivity contribution in [3.05, 3.63) is 54.7 Å². The van der Waals surface area contributed by atoms with Crippen LogP contribution in [0.25, 0.3) is 22.3 Å². The third-order valence-electron chi connectivity index (χ3n) is 5.38. The van der Waals surface area contributed by atoms with Crippen molar-refractivity contribution < 1.29 is 24.2 Å². The van der Waals surface area contributed by atoms with Gasteiger partial charge in [-0.3, -0.25) is 9.59 Å². The van der Waals surface area contributed by atoms with Crippen LogP contribution in [-0.4, -0.2) is 55.0 Å². The molecule has 0 spiro atoms. The van der Waals surface area contributed by atoms with E-state index in [4.69, 9.17) is 35.1 Å². The molecule has 6 N–H and O–H groups in total. The fourth-order valence-corrected chi connectivity index (χ4v) is 3.85. The molecule has 12 heteroatoms. The largest absolute Gasteiger partial charge is 0.481 e. The molecule has 0 aliphatic carbocycles. The van der Waals surface area contributed by atoms with Gasteiger partial charge in [0.1, 0.15) is 23.6 Å². The van der Waals surface area contributed by atoms with E-state index >= 15 is 0 Å². The number of nitrogen functional groups attached to an aromatic ring is 1. The van der Waals surface area contributed by atoms with Crippen LogP contribution in [0, 0.1) is 0 Å². The predicted octanol–water partition coefficient (Wildman–Crippen LogP) is 3.39. The van der Waals surface area contributed by atoms with Crippen molar-refractivity contribution in [3.63, 3.8) is 0 Å². The third-order valence-corrected chi connectivity index (χ3v) is 5.38. The van der Waals surface area contributed by atoms with Crippen LogP contribution in [0.5, 0.6) is 0 Å². The first-order valence-electron chi connectivity index (χ1n) is 11.7. The van der Waals surface area contributed by atoms with Crippen molar-refractivity contribution in [1.29, 1.82) is 0 Å². The molecule has 0 saturated carbocycles. The van der Waals surface area contributed by atoms with Gasteiger partial charge in [0.25, 0.3) is 11.9 Å². The molecule has 4 aromatic rings. The molecule has 5 rings (SSSR count). The van der Waals surface area contributed by atoms with Gasteiger partial charge in [-0.25, -0.2) is 14.6 Å². The van der Waals surface area contributed by atoms with Crippen molar-refractivity contribution >= 4 is 34.5 Å². The zero-order valence-corrected chi connectivity index (χ0v) is 20.7. The van der Waals surface area contributed by atoms with E-state index in [0.717, 1.165) is 73.5 Å². The van der Waals surface area contributed by atoms with Gasteiger partial charge in [0.15, 0.2) is 5.65 Å². The number of anilines is 2. The Morgan fingerprint density at radius 3 is 2.35 bits per heavy atom. The minimum absolute atomic E-state index is 0.316. The van der Waals surface area contributed by atoms with E-state index in [0.29, 0.717) is 18.4 Å². The number of aliphatic carboxylic acids is 2. The first-order chi connectivity index (χ1) is 17.8. The SMILES string of the molecule is CC(=O)O.CC(=O)O.Nc1ncnc2c1c(-c1ccc(NCc3ccco3)cc1)nn2C1CCNCC1. The summed E-state index contributed by atoms with van der Waals surface area (Å²) in [6, 6.07) is 12.3. The van der Waals surface area contributed by atoms with Crippen LogP contribution in [0.15, 0.2) is 53.4 Å². The first kappa shape index (κ1) is 27.1. The number of aromatic nitrogens is 4. The van der Waals surface area contributed by atoms with Gasteiger partial charge in [-0.15, -0.1) is 0 Å². The molecule has 1 aromatic carbocycles. The number of nitrogens with one attached hydrogen (secondary N) is 2. The number of hydrogen-bond donors (Lipinski definition) is 5. The first-order valence-corrected chi connectivity index (χ1v) is 11.7. The van der Waals surface area contributed by atoms with Gasteiger partial charge in [0, 0.05) is 25.1 Å². The van der Waals surface area contributed by atoms with Crippen LogP contribution in [0.2, 0.25) is 0 Å². The normalized spacial score (nSPS) is 13.1. The lowest BCUT2D eigenvalue weighted by molar-refractivity contribution is -0.135. The summed E-state index contributed by atoms with van der Waals surface area (Å²) >= 11 is 0. The van der Waals surface area contributed by atoms with Crippen LogP contribution >= 0.6 is 0 Å². The zero-order valence-electron chi connectivity index (χ0n) is 20.7. The van der Waals surface area contributed by atoms with Crippen molar-refractivity contribution in [2.45, 2.75) is 39.3 Å². The number of nitrogens with zero attached hydrogens (tertiary/aromatic N) is 4. The fraction of sp³-hybridized carbons (Fsp3) is 0.320. The Balaban J connectivity index is 0.000000420. The Kier molecular flexibility index (Phi) is 9.55. The van der Waals surface area contributed by atoms with E-state index < -0.39 is 11.9 Å². The standard InChI is InChI=1S/C21H23N7O.2C2H4O2/c22-20-18-19(14-3-5-15(6-4-14)24-12-17-2-1-11-29-17)27-28(21(18)26-13-25-20)16-7-9-23-10-8-16;2*1-2(3)4/h1-6,11,13,16,23-24H,7-10,12H2,(H2,22,25,26);2*1H3,(H,3,4). The van der Waals surface area contributed by atoms with E-state index in [-0.39, 0.29) is 0 Å². The minimum atomic E-state index is -0.833. The molecule has 1 aliphatic rings. The number of rotatable bonds is 5. The zero-order chi connectivity index (χ0) is 26.8. The summed E-state index contributed by atoms with van der Waals surface area (Å²) in [6.45, 7) is 4.77. The number of nitrogens with two attached hydrogens (primary N) is 1. The van der Waals surface area contributed by atoms with E-state index in [1.807, 2.05) is 41.1 Å². The Bertz CT molecular complexity index is 1280. The average molecular weight is 510 g/mol. The molecule has 1 fully saturated rings. The Morgan fingerprint density at radius 2 is 1.76 bits per heavy atom. The van der Waals surface area contributed by atoms with Crippen molar-refractivity contribution in [1.82, 2.24) is 25.1 Å². The maximum Gasteiger partial charge on any atom is 0.300 e. The highest BCUT2D eigenvalue weighted by Gasteiger charge is 2.23. The molecule has 0 unspecified atom stereocenters. The molecule has 0 bridgehead atoms. The summed E-state index contributed by atoms with van der Waals surface area (Å²) in [5.41, 5.74) is 9.87. The highest BCUT2D eigenvalue weighted by atomic mass is 16.4. The number of fused-ring (bicyclic) bond motifs is 1. The molecule has 12 nitrogen and oxygen atoms in total. The maximum absolute atomic E-state index is 9.00. The van der Waals surface area contributed by atoms with Crippen LogP contribution in [-0.2, 0) is 16.1 Å². The highest BCUT2D eigenvalue weighted by Crippen LogP contribution is 2.33. The summed E-state index contributed by atoms with van der Waals surface area (Å²) in [7, 11) is 0. The number of carboxylic acids is 2. The predicted molar refractivity (Wildman–Crippen MR) is 139 cm³/mol. The number of piperidine rings is 1. The van der Waals surface area contributed by atoms with Gasteiger partial charge in [0.05, 0.1) is 24.2 Å². The van der Waals surface area contributed by atoms with Crippen LogP contribution < -0.4 is 16.4 Å². The van der Waals surface area contributed by atoms with Gasteiger partial charge >= 0.3 is 0 Å². The summed E-state index contributed by atoms with van der Waals surface area (Å²) < 4.78 is 7.40. The van der Waals surface area contributed by atoms with Gasteiger partial charge < -0.3 is 31.0 Å². The number of hydrogen-bond acceptors (Lipinski definition) is 9. The summed E-state index contributed by atoms with van der Waals surface area (Å²) in [6.07, 6.45) is 5.24. The number of carboxylic acid groups (broad SMARTS) is 2. The monoisotopic (exact) mass is 509 g/mol. The van der Waals surface area contributed by atoms with Gasteiger partial charge in [-0.1, -0.05) is 12.1 Å². The molecule has 37 heavy (non-hydrogen) atoms. The molecule has 1 saturated heterocycles. The smallest absolute Gasteiger partial charge is 0.300 e. The number of benzene rings is 1. The van der Waals surface area contributed by atoms with Crippen molar-refractivity contribution in [2.75, 3.05) is 24.1 Å². The molecule has 3 aromatic heterocycles. The second-order valence-electron chi connectivity index (χ2n) is 8.28. The van der Waals surface area contributed by atoms with Gasteiger partial charge in [-0.2, -0.15) is 5.10 Å². The summed E-state index contributed by atoms with van der Waals surface area (Å²) in [4.78, 5) is 26.7. The van der Waals surface area contributed by atoms with Gasteiger partial charge in [-0.05, 0) is 50.2 Å². The number of carbonyl (C=O) groups is 2. The van der Waals surface area contributed by atoms with Crippen LogP contribution in [0.4, 0.5) is 11.5 Å². The topological polar surface area (TPSA) is 181 Å².